The average Bonchev–Trinajstić information content (AvgIpc) is 2.23. The zero-order valence-corrected chi connectivity index (χ0v) is 9.72. The van der Waals surface area contributed by atoms with Crippen molar-refractivity contribution in [3.63, 3.8) is 0 Å². The molecule has 0 aliphatic heterocycles. The van der Waals surface area contributed by atoms with E-state index < -0.39 is 39.8 Å². The highest BCUT2D eigenvalue weighted by Gasteiger charge is 2.32. The van der Waals surface area contributed by atoms with E-state index >= 15 is 0 Å². The predicted molar refractivity (Wildman–Crippen MR) is 54.3 cm³/mol. The maximum Gasteiger partial charge on any atom is 0.165 e. The SMILES string of the molecule is CCC(C)(C)c1c(F)c(F)c(C)c(F)c1F. The maximum absolute atomic E-state index is 13.6. The van der Waals surface area contributed by atoms with Crippen LogP contribution in [0.1, 0.15) is 38.3 Å². The van der Waals surface area contributed by atoms with Crippen LogP contribution in [0.3, 0.4) is 0 Å². The standard InChI is InChI=1S/C12H14F4/c1-5-12(3,4)7-10(15)8(13)6(2)9(14)11(7)16/h5H2,1-4H3. The van der Waals surface area contributed by atoms with Gasteiger partial charge in [0.05, 0.1) is 0 Å². The van der Waals surface area contributed by atoms with Crippen molar-refractivity contribution < 1.29 is 17.6 Å². The minimum Gasteiger partial charge on any atom is -0.203 e. The summed E-state index contributed by atoms with van der Waals surface area (Å²) in [7, 11) is 0. The molecule has 0 saturated carbocycles. The lowest BCUT2D eigenvalue weighted by Crippen LogP contribution is -2.22. The average molecular weight is 234 g/mol. The summed E-state index contributed by atoms with van der Waals surface area (Å²) in [5.74, 6) is -5.20. The molecule has 0 bridgehead atoms. The topological polar surface area (TPSA) is 0 Å². The van der Waals surface area contributed by atoms with E-state index in [1.165, 1.54) is 0 Å². The van der Waals surface area contributed by atoms with Crippen molar-refractivity contribution in [1.29, 1.82) is 0 Å². The van der Waals surface area contributed by atoms with Gasteiger partial charge in [-0.25, -0.2) is 17.6 Å². The van der Waals surface area contributed by atoms with Crippen LogP contribution in [0.25, 0.3) is 0 Å². The summed E-state index contributed by atoms with van der Waals surface area (Å²) in [6.45, 7) is 5.81. The second-order valence-corrected chi connectivity index (χ2v) is 4.49. The van der Waals surface area contributed by atoms with Crippen LogP contribution < -0.4 is 0 Å². The van der Waals surface area contributed by atoms with E-state index in [4.69, 9.17) is 0 Å². The van der Waals surface area contributed by atoms with Gasteiger partial charge in [-0.15, -0.1) is 0 Å². The Hall–Kier alpha value is -1.06. The molecular weight excluding hydrogens is 220 g/mol. The highest BCUT2D eigenvalue weighted by Crippen LogP contribution is 2.34. The first-order valence-corrected chi connectivity index (χ1v) is 5.07. The number of hydrogen-bond donors (Lipinski definition) is 0. The van der Waals surface area contributed by atoms with E-state index in [1.807, 2.05) is 0 Å². The first-order chi connectivity index (χ1) is 7.24. The lowest BCUT2D eigenvalue weighted by molar-refractivity contribution is 0.381. The molecule has 0 spiro atoms. The Balaban J connectivity index is 3.65. The number of rotatable bonds is 2. The Morgan fingerprint density at radius 3 is 1.56 bits per heavy atom. The zero-order valence-electron chi connectivity index (χ0n) is 9.72. The molecular formula is C12H14F4. The molecule has 0 aliphatic carbocycles. The van der Waals surface area contributed by atoms with Gasteiger partial charge in [0.15, 0.2) is 23.3 Å². The molecule has 0 aliphatic rings. The van der Waals surface area contributed by atoms with Gasteiger partial charge in [-0.2, -0.15) is 0 Å². The number of hydrogen-bond acceptors (Lipinski definition) is 0. The van der Waals surface area contributed by atoms with Crippen LogP contribution in [-0.2, 0) is 5.41 Å². The molecule has 1 aromatic rings. The van der Waals surface area contributed by atoms with Crippen LogP contribution >= 0.6 is 0 Å². The van der Waals surface area contributed by atoms with Crippen LogP contribution in [0.5, 0.6) is 0 Å². The van der Waals surface area contributed by atoms with Crippen molar-refractivity contribution in [2.75, 3.05) is 0 Å². The van der Waals surface area contributed by atoms with Crippen LogP contribution in [0.2, 0.25) is 0 Å². The molecule has 1 aromatic carbocycles. The Kier molecular flexibility index (Phi) is 3.31. The van der Waals surface area contributed by atoms with Crippen molar-refractivity contribution in [2.24, 2.45) is 0 Å². The third-order valence-corrected chi connectivity index (χ3v) is 3.04. The molecule has 0 fully saturated rings. The summed E-state index contributed by atoms with van der Waals surface area (Å²) < 4.78 is 53.8. The first kappa shape index (κ1) is 13.0. The molecule has 0 N–H and O–H groups in total. The molecule has 0 radical (unpaired) electrons. The van der Waals surface area contributed by atoms with E-state index in [0.29, 0.717) is 6.42 Å². The van der Waals surface area contributed by atoms with E-state index in [0.717, 1.165) is 6.92 Å². The van der Waals surface area contributed by atoms with E-state index in [-0.39, 0.29) is 0 Å². The van der Waals surface area contributed by atoms with E-state index in [1.54, 1.807) is 20.8 Å². The van der Waals surface area contributed by atoms with Gasteiger partial charge in [0, 0.05) is 11.1 Å². The van der Waals surface area contributed by atoms with Gasteiger partial charge >= 0.3 is 0 Å². The highest BCUT2D eigenvalue weighted by atomic mass is 19.2. The second kappa shape index (κ2) is 4.07. The Labute approximate surface area is 92.3 Å². The second-order valence-electron chi connectivity index (χ2n) is 4.49. The Morgan fingerprint density at radius 1 is 0.875 bits per heavy atom. The number of halogens is 4. The van der Waals surface area contributed by atoms with Crippen LogP contribution in [-0.4, -0.2) is 0 Å². The van der Waals surface area contributed by atoms with Gasteiger partial charge in [0.2, 0.25) is 0 Å². The fraction of sp³-hybridized carbons (Fsp3) is 0.500. The van der Waals surface area contributed by atoms with Crippen LogP contribution in [0.4, 0.5) is 17.6 Å². The van der Waals surface area contributed by atoms with E-state index in [9.17, 15) is 17.6 Å². The summed E-state index contributed by atoms with van der Waals surface area (Å²) in [5.41, 5.74) is -2.08. The lowest BCUT2D eigenvalue weighted by Gasteiger charge is -2.25. The minimum absolute atomic E-state index is 0.378. The zero-order chi connectivity index (χ0) is 12.7. The summed E-state index contributed by atoms with van der Waals surface area (Å²) in [5, 5.41) is 0. The van der Waals surface area contributed by atoms with Gasteiger partial charge < -0.3 is 0 Å². The normalized spacial score (nSPS) is 12.0. The van der Waals surface area contributed by atoms with Crippen molar-refractivity contribution in [3.8, 4) is 0 Å². The lowest BCUT2D eigenvalue weighted by atomic mass is 9.81. The van der Waals surface area contributed by atoms with Crippen molar-refractivity contribution in [1.82, 2.24) is 0 Å². The monoisotopic (exact) mass is 234 g/mol. The summed E-state index contributed by atoms with van der Waals surface area (Å²) in [4.78, 5) is 0. The molecule has 0 heterocycles. The number of benzene rings is 1. The largest absolute Gasteiger partial charge is 0.203 e. The van der Waals surface area contributed by atoms with Gasteiger partial charge in [-0.05, 0) is 18.8 Å². The molecule has 0 nitrogen and oxygen atoms in total. The molecule has 1 rings (SSSR count). The summed E-state index contributed by atoms with van der Waals surface area (Å²) >= 11 is 0. The van der Waals surface area contributed by atoms with E-state index in [2.05, 4.69) is 0 Å². The van der Waals surface area contributed by atoms with Crippen molar-refractivity contribution in [2.45, 2.75) is 39.5 Å². The molecule has 0 unspecified atom stereocenters. The maximum atomic E-state index is 13.6. The fourth-order valence-electron chi connectivity index (χ4n) is 1.51. The van der Waals surface area contributed by atoms with Gasteiger partial charge in [0.25, 0.3) is 0 Å². The quantitative estimate of drug-likeness (QED) is 0.530. The molecule has 16 heavy (non-hydrogen) atoms. The van der Waals surface area contributed by atoms with Gasteiger partial charge in [-0.3, -0.25) is 0 Å². The van der Waals surface area contributed by atoms with Crippen molar-refractivity contribution in [3.05, 3.63) is 34.4 Å². The minimum atomic E-state index is -1.31. The predicted octanol–water partition coefficient (Wildman–Crippen LogP) is 4.24. The van der Waals surface area contributed by atoms with Gasteiger partial charge in [-0.1, -0.05) is 20.8 Å². The molecule has 0 aromatic heterocycles. The smallest absolute Gasteiger partial charge is 0.165 e. The third-order valence-electron chi connectivity index (χ3n) is 3.04. The molecule has 4 heteroatoms. The fourth-order valence-corrected chi connectivity index (χ4v) is 1.51. The Morgan fingerprint density at radius 2 is 1.25 bits per heavy atom. The molecule has 90 valence electrons. The summed E-state index contributed by atoms with van der Waals surface area (Å²) in [6, 6.07) is 0. The highest BCUT2D eigenvalue weighted by molar-refractivity contribution is 5.33. The Bertz CT molecular complexity index is 393. The van der Waals surface area contributed by atoms with Crippen LogP contribution in [0.15, 0.2) is 0 Å². The first-order valence-electron chi connectivity index (χ1n) is 5.07. The molecule has 0 saturated heterocycles. The van der Waals surface area contributed by atoms with Crippen LogP contribution in [0, 0.1) is 30.2 Å². The summed E-state index contributed by atoms with van der Waals surface area (Å²) in [6.07, 6.45) is 0.378. The molecule has 0 atom stereocenters. The molecule has 0 amide bonds. The third kappa shape index (κ3) is 1.81. The van der Waals surface area contributed by atoms with Crippen molar-refractivity contribution >= 4 is 0 Å². The van der Waals surface area contributed by atoms with Gasteiger partial charge in [0.1, 0.15) is 0 Å².